The highest BCUT2D eigenvalue weighted by atomic mass is 32.2. The van der Waals surface area contributed by atoms with E-state index in [1.807, 2.05) is 60.7 Å². The Balaban J connectivity index is 1.54. The minimum atomic E-state index is -0.682. The molecule has 1 aliphatic rings. The molecular formula is C24H20N4O4S. The van der Waals surface area contributed by atoms with Crippen LogP contribution in [0.4, 0.5) is 17.1 Å². The summed E-state index contributed by atoms with van der Waals surface area (Å²) in [6.45, 7) is 0.334. The number of para-hydroxylation sites is 3. The van der Waals surface area contributed by atoms with Crippen molar-refractivity contribution in [3.63, 3.8) is 0 Å². The Morgan fingerprint density at radius 3 is 2.33 bits per heavy atom. The van der Waals surface area contributed by atoms with Crippen LogP contribution in [0.25, 0.3) is 0 Å². The second kappa shape index (κ2) is 10.1. The first-order valence-electron chi connectivity index (χ1n) is 10.2. The summed E-state index contributed by atoms with van der Waals surface area (Å²) in [7, 11) is 0. The standard InChI is InChI=1S/C24H20N4O4S/c29-22(26-19-13-7-8-14-20(19)28(31)32)15-21-23(30)27(16-17-9-3-1-4-10-17)24(33-21)25-18-11-5-2-6-12-18/h1-14,21H,15-16H2,(H,26,29)/t21-/m1/s1. The summed E-state index contributed by atoms with van der Waals surface area (Å²) in [5.74, 6) is -0.702. The normalized spacial score (nSPS) is 16.7. The number of nitro benzene ring substituents is 1. The third kappa shape index (κ3) is 5.45. The first-order chi connectivity index (χ1) is 16.0. The fourth-order valence-electron chi connectivity index (χ4n) is 3.36. The fraction of sp³-hybridized carbons (Fsp3) is 0.125. The number of rotatable bonds is 7. The van der Waals surface area contributed by atoms with Gasteiger partial charge in [0.05, 0.1) is 17.2 Å². The van der Waals surface area contributed by atoms with Crippen LogP contribution in [0.5, 0.6) is 0 Å². The molecule has 1 aliphatic heterocycles. The molecule has 0 spiro atoms. The number of hydrogen-bond donors (Lipinski definition) is 1. The Morgan fingerprint density at radius 2 is 1.64 bits per heavy atom. The number of nitrogens with one attached hydrogen (secondary N) is 1. The van der Waals surface area contributed by atoms with Crippen LogP contribution in [-0.4, -0.2) is 32.1 Å². The number of thioether (sulfide) groups is 1. The molecule has 166 valence electrons. The van der Waals surface area contributed by atoms with Crippen molar-refractivity contribution >= 4 is 45.8 Å². The molecule has 33 heavy (non-hydrogen) atoms. The number of carbonyl (C=O) groups excluding carboxylic acids is 2. The molecule has 0 aliphatic carbocycles. The Bertz CT molecular complexity index is 1200. The molecule has 9 heteroatoms. The zero-order chi connectivity index (χ0) is 23.2. The van der Waals surface area contributed by atoms with Crippen molar-refractivity contribution in [2.24, 2.45) is 4.99 Å². The fourth-order valence-corrected chi connectivity index (χ4v) is 4.51. The first-order valence-corrected chi connectivity index (χ1v) is 11.1. The van der Waals surface area contributed by atoms with E-state index in [1.54, 1.807) is 11.0 Å². The quantitative estimate of drug-likeness (QED) is 0.404. The Hall–Kier alpha value is -3.98. The Labute approximate surface area is 194 Å². The van der Waals surface area contributed by atoms with E-state index < -0.39 is 16.1 Å². The Kier molecular flexibility index (Phi) is 6.80. The van der Waals surface area contributed by atoms with Crippen molar-refractivity contribution in [3.05, 3.63) is 101 Å². The maximum Gasteiger partial charge on any atom is 0.292 e. The number of aliphatic imine (C=N–C) groups is 1. The maximum absolute atomic E-state index is 13.2. The van der Waals surface area contributed by atoms with Crippen LogP contribution in [0.15, 0.2) is 89.9 Å². The van der Waals surface area contributed by atoms with Crippen molar-refractivity contribution < 1.29 is 14.5 Å². The highest BCUT2D eigenvalue weighted by molar-refractivity contribution is 8.15. The van der Waals surface area contributed by atoms with Gasteiger partial charge in [0.2, 0.25) is 11.8 Å². The number of nitro groups is 1. The average molecular weight is 461 g/mol. The predicted octanol–water partition coefficient (Wildman–Crippen LogP) is 4.76. The lowest BCUT2D eigenvalue weighted by Crippen LogP contribution is -2.33. The summed E-state index contributed by atoms with van der Waals surface area (Å²) in [5, 5.41) is 13.6. The molecule has 2 amide bonds. The Morgan fingerprint density at radius 1 is 1.00 bits per heavy atom. The number of amides is 2. The van der Waals surface area contributed by atoms with E-state index in [0.29, 0.717) is 17.4 Å². The molecule has 3 aromatic carbocycles. The van der Waals surface area contributed by atoms with Crippen molar-refractivity contribution in [2.45, 2.75) is 18.2 Å². The molecule has 1 N–H and O–H groups in total. The third-order valence-electron chi connectivity index (χ3n) is 4.93. The van der Waals surface area contributed by atoms with E-state index in [0.717, 1.165) is 5.56 Å². The minimum Gasteiger partial charge on any atom is -0.320 e. The lowest BCUT2D eigenvalue weighted by Gasteiger charge is -2.16. The van der Waals surface area contributed by atoms with Gasteiger partial charge in [-0.1, -0.05) is 72.4 Å². The summed E-state index contributed by atoms with van der Waals surface area (Å²) in [4.78, 5) is 42.7. The van der Waals surface area contributed by atoms with Crippen LogP contribution in [0.1, 0.15) is 12.0 Å². The number of carbonyl (C=O) groups is 2. The SMILES string of the molecule is O=C(C[C@H]1SC(=Nc2ccccc2)N(Cc2ccccc2)C1=O)Nc1ccccc1[N+](=O)[O-]. The molecule has 0 aromatic heterocycles. The monoisotopic (exact) mass is 460 g/mol. The molecule has 1 fully saturated rings. The van der Waals surface area contributed by atoms with Crippen LogP contribution < -0.4 is 5.32 Å². The molecule has 8 nitrogen and oxygen atoms in total. The zero-order valence-electron chi connectivity index (χ0n) is 17.5. The molecule has 1 heterocycles. The summed E-state index contributed by atoms with van der Waals surface area (Å²) in [6.07, 6.45) is -0.130. The maximum atomic E-state index is 13.2. The molecular weight excluding hydrogens is 440 g/mol. The molecule has 0 bridgehead atoms. The number of hydrogen-bond acceptors (Lipinski definition) is 6. The van der Waals surface area contributed by atoms with Gasteiger partial charge in [0.1, 0.15) is 10.9 Å². The largest absolute Gasteiger partial charge is 0.320 e. The van der Waals surface area contributed by atoms with Gasteiger partial charge >= 0.3 is 0 Å². The van der Waals surface area contributed by atoms with Gasteiger partial charge in [-0.05, 0) is 23.8 Å². The highest BCUT2D eigenvalue weighted by Crippen LogP contribution is 2.33. The van der Waals surface area contributed by atoms with Gasteiger partial charge in [-0.25, -0.2) is 4.99 Å². The predicted molar refractivity (Wildman–Crippen MR) is 128 cm³/mol. The van der Waals surface area contributed by atoms with E-state index in [1.165, 1.54) is 30.0 Å². The van der Waals surface area contributed by atoms with E-state index >= 15 is 0 Å². The van der Waals surface area contributed by atoms with Crippen LogP contribution in [0.2, 0.25) is 0 Å². The first kappa shape index (κ1) is 22.2. The molecule has 3 aromatic rings. The molecule has 0 saturated carbocycles. The second-order valence-corrected chi connectivity index (χ2v) is 8.44. The van der Waals surface area contributed by atoms with Gasteiger partial charge in [0.15, 0.2) is 5.17 Å². The molecule has 0 radical (unpaired) electrons. The van der Waals surface area contributed by atoms with E-state index in [4.69, 9.17) is 0 Å². The number of benzene rings is 3. The molecule has 1 saturated heterocycles. The molecule has 1 atom stereocenters. The van der Waals surface area contributed by atoms with Gasteiger partial charge in [0, 0.05) is 12.5 Å². The minimum absolute atomic E-state index is 0.0993. The van der Waals surface area contributed by atoms with Crippen LogP contribution in [0, 0.1) is 10.1 Å². The average Bonchev–Trinajstić information content (AvgIpc) is 3.09. The summed E-state index contributed by atoms with van der Waals surface area (Å²) in [6, 6.07) is 24.7. The van der Waals surface area contributed by atoms with Crippen LogP contribution in [-0.2, 0) is 16.1 Å². The van der Waals surface area contributed by atoms with E-state index in [9.17, 15) is 19.7 Å². The lowest BCUT2D eigenvalue weighted by molar-refractivity contribution is -0.383. The lowest BCUT2D eigenvalue weighted by atomic mass is 10.2. The van der Waals surface area contributed by atoms with Gasteiger partial charge in [-0.15, -0.1) is 0 Å². The number of amidine groups is 1. The summed E-state index contributed by atoms with van der Waals surface area (Å²) >= 11 is 1.22. The van der Waals surface area contributed by atoms with Crippen molar-refractivity contribution in [1.82, 2.24) is 4.90 Å². The van der Waals surface area contributed by atoms with Gasteiger partial charge in [-0.2, -0.15) is 0 Å². The number of nitrogens with zero attached hydrogens (tertiary/aromatic N) is 3. The zero-order valence-corrected chi connectivity index (χ0v) is 18.3. The molecule has 4 rings (SSSR count). The number of anilines is 1. The van der Waals surface area contributed by atoms with Gasteiger partial charge < -0.3 is 5.32 Å². The van der Waals surface area contributed by atoms with Gasteiger partial charge in [-0.3, -0.25) is 24.6 Å². The smallest absolute Gasteiger partial charge is 0.292 e. The van der Waals surface area contributed by atoms with Crippen molar-refractivity contribution in [3.8, 4) is 0 Å². The van der Waals surface area contributed by atoms with E-state index in [-0.39, 0.29) is 23.7 Å². The summed E-state index contributed by atoms with van der Waals surface area (Å²) in [5.41, 5.74) is 1.55. The van der Waals surface area contributed by atoms with Gasteiger partial charge in [0.25, 0.3) is 5.69 Å². The third-order valence-corrected chi connectivity index (χ3v) is 6.11. The topological polar surface area (TPSA) is 105 Å². The molecule has 0 unspecified atom stereocenters. The van der Waals surface area contributed by atoms with E-state index in [2.05, 4.69) is 10.3 Å². The van der Waals surface area contributed by atoms with Crippen LogP contribution >= 0.6 is 11.8 Å². The van der Waals surface area contributed by atoms with Crippen molar-refractivity contribution in [2.75, 3.05) is 5.32 Å². The highest BCUT2D eigenvalue weighted by Gasteiger charge is 2.39. The van der Waals surface area contributed by atoms with Crippen LogP contribution in [0.3, 0.4) is 0 Å². The second-order valence-electron chi connectivity index (χ2n) is 7.27. The summed E-state index contributed by atoms with van der Waals surface area (Å²) < 4.78 is 0. The van der Waals surface area contributed by atoms with Crippen molar-refractivity contribution in [1.29, 1.82) is 0 Å².